The van der Waals surface area contributed by atoms with E-state index in [4.69, 9.17) is 4.84 Å². The molecule has 2 rings (SSSR count). The smallest absolute Gasteiger partial charge is 0.338 e. The van der Waals surface area contributed by atoms with E-state index in [1.165, 1.54) is 11.1 Å². The molecule has 0 aliphatic carbocycles. The van der Waals surface area contributed by atoms with E-state index in [0.29, 0.717) is 17.9 Å². The van der Waals surface area contributed by atoms with Gasteiger partial charge in [-0.15, -0.1) is 5.06 Å². The van der Waals surface area contributed by atoms with Crippen molar-refractivity contribution in [2.75, 3.05) is 0 Å². The molecule has 0 unspecified atom stereocenters. The summed E-state index contributed by atoms with van der Waals surface area (Å²) in [4.78, 5) is 52.0. The van der Waals surface area contributed by atoms with Crippen molar-refractivity contribution in [2.45, 2.75) is 91.9 Å². The fourth-order valence-electron chi connectivity index (χ4n) is 3.81. The monoisotopic (exact) mass is 459 g/mol. The summed E-state index contributed by atoms with van der Waals surface area (Å²) >= 11 is 0. The SMILES string of the molecule is CC(C)(CCCCc1cccc(CCCCC(C)(C)C(=O)ON2C(=O)CCC2=O)c1)C(=O)O. The number of carbonyl (C=O) groups excluding carboxylic acids is 3. The molecule has 0 radical (unpaired) electrons. The van der Waals surface area contributed by atoms with Gasteiger partial charge in [-0.1, -0.05) is 37.1 Å². The van der Waals surface area contributed by atoms with Crippen LogP contribution in [-0.2, 0) is 36.9 Å². The Balaban J connectivity index is 1.73. The summed E-state index contributed by atoms with van der Waals surface area (Å²) < 4.78 is 0. The Morgan fingerprint density at radius 2 is 1.36 bits per heavy atom. The lowest BCUT2D eigenvalue weighted by molar-refractivity contribution is -0.204. The summed E-state index contributed by atoms with van der Waals surface area (Å²) in [6.07, 6.45) is 6.83. The minimum atomic E-state index is -0.783. The van der Waals surface area contributed by atoms with E-state index in [1.54, 1.807) is 27.7 Å². The molecule has 2 amide bonds. The molecule has 1 fully saturated rings. The second-order valence-electron chi connectivity index (χ2n) is 10.3. The Morgan fingerprint density at radius 3 is 1.85 bits per heavy atom. The van der Waals surface area contributed by atoms with Gasteiger partial charge >= 0.3 is 11.9 Å². The third kappa shape index (κ3) is 7.98. The number of nitrogens with zero attached hydrogens (tertiary/aromatic N) is 1. The molecule has 1 aromatic rings. The van der Waals surface area contributed by atoms with Crippen LogP contribution in [0.1, 0.15) is 90.2 Å². The van der Waals surface area contributed by atoms with Crippen molar-refractivity contribution in [1.29, 1.82) is 0 Å². The van der Waals surface area contributed by atoms with Gasteiger partial charge < -0.3 is 9.94 Å². The Kier molecular flexibility index (Phi) is 9.20. The minimum absolute atomic E-state index is 0.0892. The second-order valence-corrected chi connectivity index (χ2v) is 10.3. The lowest BCUT2D eigenvalue weighted by Crippen LogP contribution is -2.37. The zero-order valence-electron chi connectivity index (χ0n) is 20.3. The summed E-state index contributed by atoms with van der Waals surface area (Å²) in [7, 11) is 0. The highest BCUT2D eigenvalue weighted by molar-refractivity contribution is 6.01. The van der Waals surface area contributed by atoms with E-state index in [-0.39, 0.29) is 12.8 Å². The summed E-state index contributed by atoms with van der Waals surface area (Å²) in [5.41, 5.74) is 1.03. The van der Waals surface area contributed by atoms with E-state index in [9.17, 15) is 24.3 Å². The van der Waals surface area contributed by atoms with Gasteiger partial charge in [-0.2, -0.15) is 0 Å². The van der Waals surface area contributed by atoms with Crippen LogP contribution in [0, 0.1) is 10.8 Å². The van der Waals surface area contributed by atoms with Gasteiger partial charge in [0.1, 0.15) is 0 Å². The van der Waals surface area contributed by atoms with Gasteiger partial charge in [-0.3, -0.25) is 14.4 Å². The Bertz CT molecular complexity index is 857. The molecule has 0 bridgehead atoms. The number of imide groups is 1. The van der Waals surface area contributed by atoms with Crippen molar-refractivity contribution in [2.24, 2.45) is 10.8 Å². The number of aryl methyl sites for hydroxylation is 2. The number of amides is 2. The molecule has 7 heteroatoms. The number of carbonyl (C=O) groups is 4. The zero-order chi connectivity index (χ0) is 24.6. The molecule has 1 saturated heterocycles. The largest absolute Gasteiger partial charge is 0.481 e. The first-order valence-electron chi connectivity index (χ1n) is 11.8. The average Bonchev–Trinajstić information content (AvgIpc) is 3.06. The summed E-state index contributed by atoms with van der Waals surface area (Å²) in [5, 5.41) is 9.82. The van der Waals surface area contributed by atoms with Crippen LogP contribution in [0.2, 0.25) is 0 Å². The van der Waals surface area contributed by atoms with E-state index in [2.05, 4.69) is 24.3 Å². The lowest BCUT2D eigenvalue weighted by Gasteiger charge is -2.24. The van der Waals surface area contributed by atoms with Gasteiger partial charge in [0.2, 0.25) is 0 Å². The summed E-state index contributed by atoms with van der Waals surface area (Å²) in [5.74, 6) is -2.23. The fourth-order valence-corrected chi connectivity index (χ4v) is 3.81. The fraction of sp³-hybridized carbons (Fsp3) is 0.615. The van der Waals surface area contributed by atoms with Crippen molar-refractivity contribution in [3.63, 3.8) is 0 Å². The summed E-state index contributed by atoms with van der Waals surface area (Å²) in [6, 6.07) is 8.45. The van der Waals surface area contributed by atoms with Crippen LogP contribution >= 0.6 is 0 Å². The Labute approximate surface area is 196 Å². The van der Waals surface area contributed by atoms with Crippen molar-refractivity contribution < 1.29 is 29.1 Å². The number of rotatable bonds is 13. The second kappa shape index (κ2) is 11.4. The van der Waals surface area contributed by atoms with Crippen LogP contribution in [0.4, 0.5) is 0 Å². The van der Waals surface area contributed by atoms with Crippen molar-refractivity contribution >= 4 is 23.8 Å². The normalized spacial score (nSPS) is 14.6. The molecule has 0 aromatic heterocycles. The molecule has 1 aliphatic rings. The van der Waals surface area contributed by atoms with Gasteiger partial charge in [-0.05, 0) is 77.3 Å². The van der Waals surface area contributed by atoms with Gasteiger partial charge in [0.25, 0.3) is 11.8 Å². The van der Waals surface area contributed by atoms with Gasteiger partial charge in [0.05, 0.1) is 10.8 Å². The van der Waals surface area contributed by atoms with Crippen molar-refractivity contribution in [1.82, 2.24) is 5.06 Å². The molecular weight excluding hydrogens is 422 g/mol. The number of carboxylic acids is 1. The first-order chi connectivity index (χ1) is 15.4. The van der Waals surface area contributed by atoms with Crippen molar-refractivity contribution in [3.8, 4) is 0 Å². The highest BCUT2D eigenvalue weighted by atomic mass is 16.7. The molecule has 0 spiro atoms. The van der Waals surface area contributed by atoms with Crippen LogP contribution in [0.25, 0.3) is 0 Å². The number of benzene rings is 1. The van der Waals surface area contributed by atoms with E-state index in [1.807, 2.05) is 0 Å². The first-order valence-corrected chi connectivity index (χ1v) is 11.8. The number of unbranched alkanes of at least 4 members (excludes halogenated alkanes) is 2. The third-order valence-corrected chi connectivity index (χ3v) is 6.34. The van der Waals surface area contributed by atoms with Crippen LogP contribution < -0.4 is 0 Å². The standard InChI is InChI=1S/C26H37NO6/c1-25(2,23(30)31)16-7-5-10-19-12-9-13-20(18-19)11-6-8-17-26(3,4)24(32)33-27-21(28)14-15-22(27)29/h9,12-13,18H,5-8,10-11,14-17H2,1-4H3,(H,30,31). The molecule has 1 N–H and O–H groups in total. The number of aliphatic carboxylic acids is 1. The Hall–Kier alpha value is -2.70. The first kappa shape index (κ1) is 26.6. The van der Waals surface area contributed by atoms with Gasteiger partial charge in [0, 0.05) is 12.8 Å². The third-order valence-electron chi connectivity index (χ3n) is 6.34. The minimum Gasteiger partial charge on any atom is -0.481 e. The number of hydrogen-bond donors (Lipinski definition) is 1. The molecular formula is C26H37NO6. The maximum absolute atomic E-state index is 12.4. The van der Waals surface area contributed by atoms with Crippen LogP contribution in [0.5, 0.6) is 0 Å². The van der Waals surface area contributed by atoms with Gasteiger partial charge in [-0.25, -0.2) is 4.79 Å². The molecule has 33 heavy (non-hydrogen) atoms. The zero-order valence-corrected chi connectivity index (χ0v) is 20.3. The number of carboxylic acid groups (broad SMARTS) is 1. The lowest BCUT2D eigenvalue weighted by atomic mass is 9.86. The highest BCUT2D eigenvalue weighted by Crippen LogP contribution is 2.28. The molecule has 1 heterocycles. The van der Waals surface area contributed by atoms with Crippen LogP contribution in [0.3, 0.4) is 0 Å². The maximum Gasteiger partial charge on any atom is 0.338 e. The predicted molar refractivity (Wildman–Crippen MR) is 124 cm³/mol. The summed E-state index contributed by atoms with van der Waals surface area (Å²) in [6.45, 7) is 7.07. The van der Waals surface area contributed by atoms with E-state index >= 15 is 0 Å². The molecule has 1 aromatic carbocycles. The quantitative estimate of drug-likeness (QED) is 0.334. The maximum atomic E-state index is 12.4. The van der Waals surface area contributed by atoms with E-state index in [0.717, 1.165) is 38.5 Å². The predicted octanol–water partition coefficient (Wildman–Crippen LogP) is 4.86. The molecule has 0 saturated carbocycles. The number of hydrogen-bond acceptors (Lipinski definition) is 5. The van der Waals surface area contributed by atoms with Crippen molar-refractivity contribution in [3.05, 3.63) is 35.4 Å². The molecule has 0 atom stereocenters. The molecule has 1 aliphatic heterocycles. The highest BCUT2D eigenvalue weighted by Gasteiger charge is 2.37. The van der Waals surface area contributed by atoms with E-state index < -0.39 is 34.6 Å². The average molecular weight is 460 g/mol. The number of hydroxylamine groups is 2. The van der Waals surface area contributed by atoms with Gasteiger partial charge in [0.15, 0.2) is 0 Å². The Morgan fingerprint density at radius 1 is 0.879 bits per heavy atom. The van der Waals surface area contributed by atoms with Crippen LogP contribution in [0.15, 0.2) is 24.3 Å². The topological polar surface area (TPSA) is 101 Å². The molecule has 7 nitrogen and oxygen atoms in total. The molecule has 182 valence electrons. The van der Waals surface area contributed by atoms with Crippen LogP contribution in [-0.4, -0.2) is 33.9 Å².